The molecule has 1 aliphatic heterocycles. The number of anilines is 1. The molecule has 0 bridgehead atoms. The molecule has 2 atom stereocenters. The van der Waals surface area contributed by atoms with E-state index in [9.17, 15) is 19.3 Å². The zero-order valence-electron chi connectivity index (χ0n) is 14.0. The first-order valence-electron chi connectivity index (χ1n) is 7.95. The van der Waals surface area contributed by atoms with Gasteiger partial charge in [0.15, 0.2) is 0 Å². The van der Waals surface area contributed by atoms with Crippen molar-refractivity contribution < 1.29 is 18.8 Å². The van der Waals surface area contributed by atoms with Crippen LogP contribution in [-0.4, -0.2) is 35.0 Å². The van der Waals surface area contributed by atoms with Crippen molar-refractivity contribution in [2.45, 2.75) is 19.1 Å². The Morgan fingerprint density at radius 2 is 2.08 bits per heavy atom. The second-order valence-corrected chi connectivity index (χ2v) is 6.08. The molecule has 2 unspecified atom stereocenters. The first-order chi connectivity index (χ1) is 12.3. The number of hydrogen-bond acceptors (Lipinski definition) is 6. The van der Waals surface area contributed by atoms with Crippen LogP contribution in [0.15, 0.2) is 36.5 Å². The Bertz CT molecular complexity index is 843. The summed E-state index contributed by atoms with van der Waals surface area (Å²) in [5.74, 6) is -0.874. The normalized spacial score (nSPS) is 20.0. The van der Waals surface area contributed by atoms with E-state index in [1.54, 1.807) is 17.0 Å². The molecule has 0 spiro atoms. The molecule has 1 fully saturated rings. The summed E-state index contributed by atoms with van der Waals surface area (Å²) in [7, 11) is 0. The number of nitrogens with two attached hydrogens (primary N) is 1. The van der Waals surface area contributed by atoms with Crippen LogP contribution in [0.2, 0.25) is 0 Å². The molecule has 2 heterocycles. The van der Waals surface area contributed by atoms with E-state index in [4.69, 9.17) is 10.5 Å². The molecule has 136 valence electrons. The third-order valence-electron chi connectivity index (χ3n) is 4.13. The van der Waals surface area contributed by atoms with Gasteiger partial charge in [-0.05, 0) is 24.6 Å². The number of rotatable bonds is 4. The van der Waals surface area contributed by atoms with Gasteiger partial charge in [0, 0.05) is 19.2 Å². The molecule has 0 saturated carbocycles. The molecule has 1 aliphatic rings. The standard InChI is InChI=1S/C17H17FN4O4/c1-10-8-21(9-15(26-10)11-2-4-12(18)5-3-11)17-14(16(19)23)6-13(7-20-17)22(24)25/h2-7,10,15H,8-9H2,1H3,(H2,19,23). The predicted molar refractivity (Wildman–Crippen MR) is 91.3 cm³/mol. The minimum atomic E-state index is -0.798. The van der Waals surface area contributed by atoms with E-state index >= 15 is 0 Å². The van der Waals surface area contributed by atoms with Gasteiger partial charge in [-0.25, -0.2) is 9.37 Å². The van der Waals surface area contributed by atoms with Crippen molar-refractivity contribution in [1.82, 2.24) is 4.98 Å². The van der Waals surface area contributed by atoms with Crippen LogP contribution >= 0.6 is 0 Å². The number of nitrogens with zero attached hydrogens (tertiary/aromatic N) is 3. The van der Waals surface area contributed by atoms with Gasteiger partial charge in [-0.3, -0.25) is 14.9 Å². The second kappa shape index (κ2) is 7.04. The quantitative estimate of drug-likeness (QED) is 0.661. The Kier molecular flexibility index (Phi) is 4.81. The summed E-state index contributed by atoms with van der Waals surface area (Å²) in [6, 6.07) is 7.09. The van der Waals surface area contributed by atoms with Gasteiger partial charge in [-0.1, -0.05) is 12.1 Å². The summed E-state index contributed by atoms with van der Waals surface area (Å²) < 4.78 is 19.1. The number of ether oxygens (including phenoxy) is 1. The first-order valence-corrected chi connectivity index (χ1v) is 7.95. The number of carbonyl (C=O) groups is 1. The number of morpholine rings is 1. The highest BCUT2D eigenvalue weighted by Crippen LogP contribution is 2.30. The Hall–Kier alpha value is -3.07. The van der Waals surface area contributed by atoms with Crippen LogP contribution in [0, 0.1) is 15.9 Å². The summed E-state index contributed by atoms with van der Waals surface area (Å²) in [6.45, 7) is 2.64. The third-order valence-corrected chi connectivity index (χ3v) is 4.13. The summed E-state index contributed by atoms with van der Waals surface area (Å²) in [6.07, 6.45) is 0.531. The fourth-order valence-electron chi connectivity index (χ4n) is 2.97. The van der Waals surface area contributed by atoms with Gasteiger partial charge in [0.25, 0.3) is 11.6 Å². The molecular formula is C17H17FN4O4. The Balaban J connectivity index is 1.94. The highest BCUT2D eigenvalue weighted by atomic mass is 19.1. The smallest absolute Gasteiger partial charge is 0.288 e. The van der Waals surface area contributed by atoms with Crippen LogP contribution in [-0.2, 0) is 4.74 Å². The molecule has 9 heteroatoms. The van der Waals surface area contributed by atoms with Gasteiger partial charge < -0.3 is 15.4 Å². The zero-order chi connectivity index (χ0) is 18.8. The van der Waals surface area contributed by atoms with Crippen LogP contribution in [0.25, 0.3) is 0 Å². The number of benzene rings is 1. The Morgan fingerprint density at radius 1 is 1.38 bits per heavy atom. The average molecular weight is 360 g/mol. The van der Waals surface area contributed by atoms with E-state index in [0.717, 1.165) is 17.8 Å². The van der Waals surface area contributed by atoms with Gasteiger partial charge in [-0.15, -0.1) is 0 Å². The van der Waals surface area contributed by atoms with Crippen molar-refractivity contribution >= 4 is 17.4 Å². The molecule has 1 saturated heterocycles. The number of carbonyl (C=O) groups excluding carboxylic acids is 1. The van der Waals surface area contributed by atoms with E-state index in [0.29, 0.717) is 13.1 Å². The molecule has 2 N–H and O–H groups in total. The highest BCUT2D eigenvalue weighted by molar-refractivity contribution is 5.98. The van der Waals surface area contributed by atoms with Crippen LogP contribution in [0.1, 0.15) is 28.9 Å². The summed E-state index contributed by atoms with van der Waals surface area (Å²) >= 11 is 0. The van der Waals surface area contributed by atoms with Crippen LogP contribution in [0.4, 0.5) is 15.9 Å². The minimum absolute atomic E-state index is 0.0221. The van der Waals surface area contributed by atoms with Crippen molar-refractivity contribution in [2.24, 2.45) is 5.73 Å². The SMILES string of the molecule is CC1CN(c2ncc([N+](=O)[O-])cc2C(N)=O)CC(c2ccc(F)cc2)O1. The topological polar surface area (TPSA) is 112 Å². The first kappa shape index (κ1) is 17.7. The van der Waals surface area contributed by atoms with E-state index in [-0.39, 0.29) is 35.1 Å². The lowest BCUT2D eigenvalue weighted by atomic mass is 10.1. The van der Waals surface area contributed by atoms with Crippen molar-refractivity contribution in [3.63, 3.8) is 0 Å². The molecular weight excluding hydrogens is 343 g/mol. The number of hydrogen-bond donors (Lipinski definition) is 1. The van der Waals surface area contributed by atoms with Crippen LogP contribution < -0.4 is 10.6 Å². The van der Waals surface area contributed by atoms with Gasteiger partial charge >= 0.3 is 0 Å². The largest absolute Gasteiger partial charge is 0.367 e. The van der Waals surface area contributed by atoms with Gasteiger partial charge in [-0.2, -0.15) is 0 Å². The Morgan fingerprint density at radius 3 is 2.69 bits per heavy atom. The van der Waals surface area contributed by atoms with Crippen LogP contribution in [0.3, 0.4) is 0 Å². The third kappa shape index (κ3) is 3.62. The van der Waals surface area contributed by atoms with E-state index in [1.165, 1.54) is 12.1 Å². The molecule has 1 amide bonds. The molecule has 1 aromatic heterocycles. The van der Waals surface area contributed by atoms with Crippen molar-refractivity contribution in [3.8, 4) is 0 Å². The van der Waals surface area contributed by atoms with E-state index < -0.39 is 10.8 Å². The van der Waals surface area contributed by atoms with Gasteiger partial charge in [0.1, 0.15) is 23.9 Å². The molecule has 0 radical (unpaired) electrons. The number of halogens is 1. The molecule has 1 aromatic carbocycles. The molecule has 2 aromatic rings. The summed E-state index contributed by atoms with van der Waals surface area (Å²) in [5, 5.41) is 10.9. The molecule has 8 nitrogen and oxygen atoms in total. The number of nitro groups is 1. The van der Waals surface area contributed by atoms with E-state index in [2.05, 4.69) is 4.98 Å². The summed E-state index contributed by atoms with van der Waals surface area (Å²) in [5.41, 5.74) is 5.84. The van der Waals surface area contributed by atoms with Crippen molar-refractivity contribution in [2.75, 3.05) is 18.0 Å². The van der Waals surface area contributed by atoms with Crippen LogP contribution in [0.5, 0.6) is 0 Å². The van der Waals surface area contributed by atoms with Crippen molar-refractivity contribution in [1.29, 1.82) is 0 Å². The number of amides is 1. The Labute approximate surface area is 148 Å². The number of pyridine rings is 1. The second-order valence-electron chi connectivity index (χ2n) is 6.08. The highest BCUT2D eigenvalue weighted by Gasteiger charge is 2.30. The maximum atomic E-state index is 13.1. The molecule has 0 aliphatic carbocycles. The lowest BCUT2D eigenvalue weighted by molar-refractivity contribution is -0.385. The monoisotopic (exact) mass is 360 g/mol. The maximum absolute atomic E-state index is 13.1. The van der Waals surface area contributed by atoms with E-state index in [1.807, 2.05) is 6.92 Å². The minimum Gasteiger partial charge on any atom is -0.367 e. The lowest BCUT2D eigenvalue weighted by Crippen LogP contribution is -2.44. The average Bonchev–Trinajstić information content (AvgIpc) is 2.61. The molecule has 3 rings (SSSR count). The van der Waals surface area contributed by atoms with Gasteiger partial charge in [0.2, 0.25) is 0 Å². The zero-order valence-corrected chi connectivity index (χ0v) is 14.0. The summed E-state index contributed by atoms with van der Waals surface area (Å²) in [4.78, 5) is 28.0. The lowest BCUT2D eigenvalue weighted by Gasteiger charge is -2.38. The predicted octanol–water partition coefficient (Wildman–Crippen LogP) is 2.19. The molecule has 26 heavy (non-hydrogen) atoms. The van der Waals surface area contributed by atoms with Crippen molar-refractivity contribution in [3.05, 3.63) is 63.6 Å². The fourth-order valence-corrected chi connectivity index (χ4v) is 2.97. The maximum Gasteiger partial charge on any atom is 0.288 e. The number of primary amides is 1. The van der Waals surface area contributed by atoms with Gasteiger partial charge in [0.05, 0.1) is 16.6 Å². The fraction of sp³-hybridized carbons (Fsp3) is 0.294. The number of aromatic nitrogens is 1.